The van der Waals surface area contributed by atoms with Crippen LogP contribution in [0.15, 0.2) is 12.1 Å². The van der Waals surface area contributed by atoms with Crippen molar-refractivity contribution in [2.24, 2.45) is 5.92 Å². The first-order valence-electron chi connectivity index (χ1n) is 6.60. The van der Waals surface area contributed by atoms with Crippen LogP contribution in [0.4, 0.5) is 14.5 Å². The summed E-state index contributed by atoms with van der Waals surface area (Å²) in [7, 11) is 0. The van der Waals surface area contributed by atoms with Crippen LogP contribution in [0.3, 0.4) is 0 Å². The second-order valence-electron chi connectivity index (χ2n) is 5.63. The second kappa shape index (κ2) is 4.66. The van der Waals surface area contributed by atoms with Crippen molar-refractivity contribution in [1.82, 2.24) is 5.32 Å². The van der Waals surface area contributed by atoms with Crippen molar-refractivity contribution < 1.29 is 18.4 Å². The molecule has 1 N–H and O–H groups in total. The van der Waals surface area contributed by atoms with E-state index in [-0.39, 0.29) is 29.1 Å². The molecule has 1 aromatic rings. The van der Waals surface area contributed by atoms with Crippen molar-refractivity contribution in [3.8, 4) is 0 Å². The van der Waals surface area contributed by atoms with E-state index in [2.05, 4.69) is 5.32 Å². The molecule has 2 fully saturated rings. The molecule has 0 aromatic heterocycles. The molecule has 0 bridgehead atoms. The van der Waals surface area contributed by atoms with Gasteiger partial charge in [0.05, 0.1) is 10.7 Å². The van der Waals surface area contributed by atoms with Crippen molar-refractivity contribution in [2.45, 2.75) is 25.3 Å². The highest BCUT2D eigenvalue weighted by atomic mass is 35.5. The lowest BCUT2D eigenvalue weighted by Crippen LogP contribution is -2.66. The van der Waals surface area contributed by atoms with Gasteiger partial charge in [0.15, 0.2) is 5.82 Å². The molecule has 1 aliphatic heterocycles. The molecule has 1 heterocycles. The summed E-state index contributed by atoms with van der Waals surface area (Å²) in [5, 5.41) is 2.46. The van der Waals surface area contributed by atoms with Gasteiger partial charge in [0, 0.05) is 6.07 Å². The molecule has 1 saturated heterocycles. The lowest BCUT2D eigenvalue weighted by Gasteiger charge is -2.40. The fourth-order valence-corrected chi connectivity index (χ4v) is 3.09. The number of amides is 2. The molecule has 2 aliphatic rings. The number of hydrogen-bond acceptors (Lipinski definition) is 2. The second-order valence-corrected chi connectivity index (χ2v) is 6.04. The Balaban J connectivity index is 2.05. The third-order valence-corrected chi connectivity index (χ3v) is 4.32. The number of hydrogen-bond donors (Lipinski definition) is 1. The Bertz CT molecular complexity index is 625. The largest absolute Gasteiger partial charge is 0.340 e. The summed E-state index contributed by atoms with van der Waals surface area (Å²) in [6.45, 7) is 1.30. The molecule has 112 valence electrons. The Hall–Kier alpha value is -1.69. The molecule has 1 atom stereocenters. The minimum atomic E-state index is -1.06. The highest BCUT2D eigenvalue weighted by Gasteiger charge is 2.53. The van der Waals surface area contributed by atoms with E-state index in [1.165, 1.54) is 0 Å². The number of rotatable bonds is 2. The summed E-state index contributed by atoms with van der Waals surface area (Å²) < 4.78 is 27.1. The van der Waals surface area contributed by atoms with Crippen LogP contribution in [0, 0.1) is 17.6 Å². The van der Waals surface area contributed by atoms with Crippen LogP contribution in [-0.4, -0.2) is 23.9 Å². The molecule has 1 aliphatic carbocycles. The fourth-order valence-electron chi connectivity index (χ4n) is 2.79. The predicted molar refractivity (Wildman–Crippen MR) is 73.0 cm³/mol. The van der Waals surface area contributed by atoms with Gasteiger partial charge in [-0.05, 0) is 31.7 Å². The molecule has 7 heteroatoms. The third kappa shape index (κ3) is 2.27. The zero-order valence-electron chi connectivity index (χ0n) is 11.3. The number of anilines is 1. The van der Waals surface area contributed by atoms with Gasteiger partial charge < -0.3 is 5.32 Å². The summed E-state index contributed by atoms with van der Waals surface area (Å²) >= 11 is 5.86. The first kappa shape index (κ1) is 14.3. The van der Waals surface area contributed by atoms with Crippen LogP contribution in [0.2, 0.25) is 5.02 Å². The number of piperazine rings is 1. The van der Waals surface area contributed by atoms with Crippen LogP contribution in [0.25, 0.3) is 0 Å². The molecular weight excluding hydrogens is 302 g/mol. The van der Waals surface area contributed by atoms with Crippen LogP contribution < -0.4 is 10.2 Å². The summed E-state index contributed by atoms with van der Waals surface area (Å²) in [6, 6.07) is 1.57. The normalized spacial score (nSPS) is 26.0. The van der Waals surface area contributed by atoms with Gasteiger partial charge in [0.1, 0.15) is 17.9 Å². The molecule has 21 heavy (non-hydrogen) atoms. The van der Waals surface area contributed by atoms with Gasteiger partial charge in [-0.1, -0.05) is 11.6 Å². The van der Waals surface area contributed by atoms with Gasteiger partial charge in [-0.15, -0.1) is 0 Å². The fraction of sp³-hybridized carbons (Fsp3) is 0.429. The van der Waals surface area contributed by atoms with E-state index in [0.717, 1.165) is 23.8 Å². The summed E-state index contributed by atoms with van der Waals surface area (Å²) in [5.74, 6) is -2.55. The van der Waals surface area contributed by atoms with Gasteiger partial charge in [-0.2, -0.15) is 0 Å². The number of nitrogens with one attached hydrogen (secondary N) is 1. The van der Waals surface area contributed by atoms with Gasteiger partial charge in [-0.25, -0.2) is 8.78 Å². The summed E-state index contributed by atoms with van der Waals surface area (Å²) in [5.41, 5.74) is -1.30. The quantitative estimate of drug-likeness (QED) is 0.910. The Kier molecular flexibility index (Phi) is 3.16. The minimum Gasteiger partial charge on any atom is -0.340 e. The highest BCUT2D eigenvalue weighted by molar-refractivity contribution is 6.34. The monoisotopic (exact) mass is 314 g/mol. The maximum Gasteiger partial charge on any atom is 0.253 e. The van der Waals surface area contributed by atoms with E-state index >= 15 is 0 Å². The topological polar surface area (TPSA) is 49.4 Å². The molecule has 1 saturated carbocycles. The number of halogens is 3. The smallest absolute Gasteiger partial charge is 0.253 e. The van der Waals surface area contributed by atoms with Crippen molar-refractivity contribution in [3.63, 3.8) is 0 Å². The Morgan fingerprint density at radius 1 is 1.33 bits per heavy atom. The zero-order valence-corrected chi connectivity index (χ0v) is 12.0. The molecule has 1 aromatic carbocycles. The Morgan fingerprint density at radius 2 is 2.00 bits per heavy atom. The number of carbonyl (C=O) groups is 2. The summed E-state index contributed by atoms with van der Waals surface area (Å²) in [6.07, 6.45) is 1.66. The highest BCUT2D eigenvalue weighted by Crippen LogP contribution is 2.43. The van der Waals surface area contributed by atoms with Gasteiger partial charge in [0.2, 0.25) is 5.91 Å². The van der Waals surface area contributed by atoms with Crippen molar-refractivity contribution in [3.05, 3.63) is 28.8 Å². The maximum absolute atomic E-state index is 14.0. The maximum atomic E-state index is 14.0. The van der Waals surface area contributed by atoms with Crippen molar-refractivity contribution >= 4 is 29.1 Å². The molecule has 0 spiro atoms. The van der Waals surface area contributed by atoms with Crippen LogP contribution >= 0.6 is 11.6 Å². The van der Waals surface area contributed by atoms with Gasteiger partial charge >= 0.3 is 0 Å². The van der Waals surface area contributed by atoms with Gasteiger partial charge in [0.25, 0.3) is 5.91 Å². The Morgan fingerprint density at radius 3 is 2.57 bits per heavy atom. The predicted octanol–water partition coefficient (Wildman–Crippen LogP) is 2.25. The molecule has 2 amide bonds. The molecule has 3 rings (SSSR count). The third-order valence-electron chi connectivity index (χ3n) is 4.04. The molecule has 0 radical (unpaired) electrons. The summed E-state index contributed by atoms with van der Waals surface area (Å²) in [4.78, 5) is 25.5. The first-order valence-corrected chi connectivity index (χ1v) is 6.98. The zero-order chi connectivity index (χ0) is 15.4. The molecule has 1 unspecified atom stereocenters. The standard InChI is InChI=1S/C14H13ClF2N2O2/c1-14(7-2-3-7)13(21)19(6-11(20)18-14)12-9(15)4-8(16)5-10(12)17/h4-5,7H,2-3,6H2,1H3,(H,18,20). The lowest BCUT2D eigenvalue weighted by molar-refractivity contribution is -0.136. The average Bonchev–Trinajstić information content (AvgIpc) is 3.18. The van der Waals surface area contributed by atoms with Crippen molar-refractivity contribution in [2.75, 3.05) is 11.4 Å². The average molecular weight is 315 g/mol. The molecule has 4 nitrogen and oxygen atoms in total. The van der Waals surface area contributed by atoms with Gasteiger partial charge in [-0.3, -0.25) is 14.5 Å². The number of nitrogens with zero attached hydrogens (tertiary/aromatic N) is 1. The van der Waals surface area contributed by atoms with E-state index in [9.17, 15) is 18.4 Å². The number of carbonyl (C=O) groups excluding carboxylic acids is 2. The SMILES string of the molecule is CC1(C2CC2)NC(=O)CN(c2c(F)cc(F)cc2Cl)C1=O. The molecular formula is C14H13ClF2N2O2. The van der Waals surface area contributed by atoms with Crippen LogP contribution in [0.5, 0.6) is 0 Å². The van der Waals surface area contributed by atoms with E-state index in [0.29, 0.717) is 6.07 Å². The van der Waals surface area contributed by atoms with E-state index in [1.807, 2.05) is 0 Å². The van der Waals surface area contributed by atoms with Crippen LogP contribution in [-0.2, 0) is 9.59 Å². The van der Waals surface area contributed by atoms with E-state index < -0.39 is 23.1 Å². The minimum absolute atomic E-state index is 0.0408. The Labute approximate surface area is 125 Å². The van der Waals surface area contributed by atoms with Crippen LogP contribution in [0.1, 0.15) is 19.8 Å². The lowest BCUT2D eigenvalue weighted by atomic mass is 9.91. The van der Waals surface area contributed by atoms with E-state index in [1.54, 1.807) is 6.92 Å². The van der Waals surface area contributed by atoms with E-state index in [4.69, 9.17) is 11.6 Å². The first-order chi connectivity index (χ1) is 9.83. The number of benzene rings is 1. The van der Waals surface area contributed by atoms with Crippen molar-refractivity contribution in [1.29, 1.82) is 0 Å².